The molecular formula is C21H30N2O. The van der Waals surface area contributed by atoms with E-state index in [0.717, 1.165) is 24.2 Å². The number of hydrogen-bond acceptors (Lipinski definition) is 3. The highest BCUT2D eigenvalue weighted by molar-refractivity contribution is 5.48. The highest BCUT2D eigenvalue weighted by atomic mass is 16.3. The minimum absolute atomic E-state index is 0.114. The number of aromatic hydroxyl groups is 1. The monoisotopic (exact) mass is 326 g/mol. The van der Waals surface area contributed by atoms with Crippen molar-refractivity contribution in [2.24, 2.45) is 0 Å². The molecule has 3 nitrogen and oxygen atoms in total. The second kappa shape index (κ2) is 7.37. The number of nitrogens with zero attached hydrogens (tertiary/aromatic N) is 2. The minimum Gasteiger partial charge on any atom is -0.507 e. The molecule has 3 heteroatoms. The van der Waals surface area contributed by atoms with Crippen LogP contribution in [0.1, 0.15) is 36.1 Å². The average Bonchev–Trinajstić information content (AvgIpc) is 2.51. The van der Waals surface area contributed by atoms with E-state index in [-0.39, 0.29) is 5.41 Å². The van der Waals surface area contributed by atoms with Gasteiger partial charge in [0, 0.05) is 29.6 Å². The van der Waals surface area contributed by atoms with Crippen molar-refractivity contribution < 1.29 is 5.11 Å². The Balaban J connectivity index is 2.56. The Labute approximate surface area is 146 Å². The van der Waals surface area contributed by atoms with Crippen molar-refractivity contribution in [3.05, 3.63) is 64.7 Å². The van der Waals surface area contributed by atoms with Crippen LogP contribution in [0.5, 0.6) is 5.75 Å². The average molecular weight is 326 g/mol. The van der Waals surface area contributed by atoms with Crippen molar-refractivity contribution in [3.63, 3.8) is 0 Å². The van der Waals surface area contributed by atoms with Crippen molar-refractivity contribution in [2.45, 2.75) is 32.4 Å². The van der Waals surface area contributed by atoms with Gasteiger partial charge in [-0.15, -0.1) is 0 Å². The first-order valence-corrected chi connectivity index (χ1v) is 8.42. The van der Waals surface area contributed by atoms with Crippen LogP contribution in [0.15, 0.2) is 42.5 Å². The zero-order valence-corrected chi connectivity index (χ0v) is 15.8. The highest BCUT2D eigenvalue weighted by Crippen LogP contribution is 2.36. The Hall–Kier alpha value is -1.84. The van der Waals surface area contributed by atoms with Crippen molar-refractivity contribution in [3.8, 4) is 5.75 Å². The smallest absolute Gasteiger partial charge is 0.124 e. The third-order valence-corrected chi connectivity index (χ3v) is 4.46. The van der Waals surface area contributed by atoms with Gasteiger partial charge in [-0.1, -0.05) is 44.2 Å². The molecule has 0 aliphatic rings. The molecule has 0 radical (unpaired) electrons. The SMILES string of the molecule is CN(C)Cc1cc(C(C)(C)c2ccccc2)cc(CN(C)C)c1O. The topological polar surface area (TPSA) is 26.7 Å². The fraction of sp³-hybridized carbons (Fsp3) is 0.429. The largest absolute Gasteiger partial charge is 0.507 e. The summed E-state index contributed by atoms with van der Waals surface area (Å²) in [5, 5.41) is 10.7. The van der Waals surface area contributed by atoms with Crippen molar-refractivity contribution in [1.29, 1.82) is 0 Å². The molecule has 0 spiro atoms. The molecule has 2 aromatic carbocycles. The van der Waals surface area contributed by atoms with E-state index in [0.29, 0.717) is 5.75 Å². The Kier molecular flexibility index (Phi) is 5.68. The highest BCUT2D eigenvalue weighted by Gasteiger charge is 2.25. The molecule has 1 N–H and O–H groups in total. The van der Waals surface area contributed by atoms with Crippen molar-refractivity contribution in [2.75, 3.05) is 28.2 Å². The van der Waals surface area contributed by atoms with Gasteiger partial charge in [-0.05, 0) is 51.5 Å². The van der Waals surface area contributed by atoms with Gasteiger partial charge in [0.15, 0.2) is 0 Å². The molecule has 0 fully saturated rings. The van der Waals surface area contributed by atoms with Gasteiger partial charge in [0.1, 0.15) is 5.75 Å². The molecule has 0 bridgehead atoms. The van der Waals surface area contributed by atoms with Gasteiger partial charge >= 0.3 is 0 Å². The van der Waals surface area contributed by atoms with E-state index in [1.807, 2.05) is 34.3 Å². The second-order valence-electron chi connectivity index (χ2n) is 7.61. The third kappa shape index (κ3) is 4.16. The molecule has 0 atom stereocenters. The maximum atomic E-state index is 10.7. The normalized spacial score (nSPS) is 12.2. The van der Waals surface area contributed by atoms with Crippen LogP contribution in [0.2, 0.25) is 0 Å². The summed E-state index contributed by atoms with van der Waals surface area (Å²) in [6, 6.07) is 14.9. The van der Waals surface area contributed by atoms with Gasteiger partial charge in [0.2, 0.25) is 0 Å². The van der Waals surface area contributed by atoms with Gasteiger partial charge in [0.05, 0.1) is 0 Å². The summed E-state index contributed by atoms with van der Waals surface area (Å²) >= 11 is 0. The fourth-order valence-electron chi connectivity index (χ4n) is 3.06. The molecule has 0 aromatic heterocycles. The lowest BCUT2D eigenvalue weighted by Gasteiger charge is -2.29. The molecule has 2 aromatic rings. The van der Waals surface area contributed by atoms with E-state index < -0.39 is 0 Å². The zero-order chi connectivity index (χ0) is 17.9. The molecule has 24 heavy (non-hydrogen) atoms. The Morgan fingerprint density at radius 2 is 1.25 bits per heavy atom. The second-order valence-corrected chi connectivity index (χ2v) is 7.61. The number of hydrogen-bond donors (Lipinski definition) is 1. The van der Waals surface area contributed by atoms with Crippen LogP contribution in [0.3, 0.4) is 0 Å². The van der Waals surface area contributed by atoms with Gasteiger partial charge in [-0.25, -0.2) is 0 Å². The maximum absolute atomic E-state index is 10.7. The molecule has 0 heterocycles. The maximum Gasteiger partial charge on any atom is 0.124 e. The lowest BCUT2D eigenvalue weighted by atomic mass is 9.77. The number of benzene rings is 2. The van der Waals surface area contributed by atoms with Gasteiger partial charge < -0.3 is 14.9 Å². The third-order valence-electron chi connectivity index (χ3n) is 4.46. The number of rotatable bonds is 6. The van der Waals surface area contributed by atoms with Gasteiger partial charge in [-0.3, -0.25) is 0 Å². The Morgan fingerprint density at radius 1 is 0.792 bits per heavy atom. The quantitative estimate of drug-likeness (QED) is 0.874. The molecule has 0 unspecified atom stereocenters. The minimum atomic E-state index is -0.114. The van der Waals surface area contributed by atoms with Crippen LogP contribution in [-0.4, -0.2) is 43.1 Å². The van der Waals surface area contributed by atoms with Gasteiger partial charge in [-0.2, -0.15) is 0 Å². The summed E-state index contributed by atoms with van der Waals surface area (Å²) in [7, 11) is 8.11. The Bertz CT molecular complexity index is 644. The van der Waals surface area contributed by atoms with Gasteiger partial charge in [0.25, 0.3) is 0 Å². The molecule has 0 amide bonds. The summed E-state index contributed by atoms with van der Waals surface area (Å²) < 4.78 is 0. The fourth-order valence-corrected chi connectivity index (χ4v) is 3.06. The van der Waals surface area contributed by atoms with E-state index in [2.05, 4.69) is 60.0 Å². The summed E-state index contributed by atoms with van der Waals surface area (Å²) in [6.07, 6.45) is 0. The lowest BCUT2D eigenvalue weighted by Crippen LogP contribution is -2.21. The van der Waals surface area contributed by atoms with Crippen LogP contribution in [-0.2, 0) is 18.5 Å². The molecule has 0 aliphatic heterocycles. The Morgan fingerprint density at radius 3 is 1.67 bits per heavy atom. The number of phenols is 1. The number of phenolic OH excluding ortho intramolecular Hbond substituents is 1. The lowest BCUT2D eigenvalue weighted by molar-refractivity contribution is 0.367. The molecule has 0 saturated carbocycles. The first kappa shape index (κ1) is 18.5. The summed E-state index contributed by atoms with van der Waals surface area (Å²) in [5.41, 5.74) is 4.37. The molecule has 130 valence electrons. The van der Waals surface area contributed by atoms with Crippen LogP contribution < -0.4 is 0 Å². The predicted octanol–water partition coefficient (Wildman–Crippen LogP) is 3.84. The van der Waals surface area contributed by atoms with Crippen molar-refractivity contribution in [1.82, 2.24) is 9.80 Å². The predicted molar refractivity (Wildman–Crippen MR) is 101 cm³/mol. The van der Waals surface area contributed by atoms with E-state index >= 15 is 0 Å². The first-order chi connectivity index (χ1) is 11.2. The summed E-state index contributed by atoms with van der Waals surface area (Å²) in [5.74, 6) is 0.421. The molecule has 0 aliphatic carbocycles. The molecule has 2 rings (SSSR count). The first-order valence-electron chi connectivity index (χ1n) is 8.42. The summed E-state index contributed by atoms with van der Waals surface area (Å²) in [4.78, 5) is 4.18. The van der Waals surface area contributed by atoms with Crippen LogP contribution >= 0.6 is 0 Å². The molecule has 0 saturated heterocycles. The van der Waals surface area contributed by atoms with E-state index in [4.69, 9.17) is 0 Å². The van der Waals surface area contributed by atoms with E-state index in [1.54, 1.807) is 0 Å². The van der Waals surface area contributed by atoms with Crippen LogP contribution in [0, 0.1) is 0 Å². The standard InChI is InChI=1S/C21H30N2O/c1-21(2,18-10-8-7-9-11-18)19-12-16(14-22(3)4)20(24)17(13-19)15-23(5)6/h7-13,24H,14-15H2,1-6H3. The van der Waals surface area contributed by atoms with E-state index in [1.165, 1.54) is 11.1 Å². The van der Waals surface area contributed by atoms with Crippen molar-refractivity contribution >= 4 is 0 Å². The zero-order valence-electron chi connectivity index (χ0n) is 15.8. The molecular weight excluding hydrogens is 296 g/mol. The van der Waals surface area contributed by atoms with E-state index in [9.17, 15) is 5.11 Å². The van der Waals surface area contributed by atoms with Crippen LogP contribution in [0.25, 0.3) is 0 Å². The summed E-state index contributed by atoms with van der Waals surface area (Å²) in [6.45, 7) is 5.94. The van der Waals surface area contributed by atoms with Crippen LogP contribution in [0.4, 0.5) is 0 Å².